The molecule has 0 unspecified atom stereocenters. The van der Waals surface area contributed by atoms with Crippen LogP contribution in [0.2, 0.25) is 0 Å². The van der Waals surface area contributed by atoms with Crippen LogP contribution in [0.1, 0.15) is 11.3 Å². The number of nitrogens with one attached hydrogen (secondary N) is 1. The monoisotopic (exact) mass is 352 g/mol. The van der Waals surface area contributed by atoms with E-state index < -0.39 is 0 Å². The second-order valence-corrected chi connectivity index (χ2v) is 5.47. The highest BCUT2D eigenvalue weighted by Gasteiger charge is 2.11. The number of urea groups is 1. The molecule has 0 saturated heterocycles. The highest BCUT2D eigenvalue weighted by molar-refractivity contribution is 9.10. The van der Waals surface area contributed by atoms with Crippen LogP contribution in [-0.4, -0.2) is 25.1 Å². The highest BCUT2D eigenvalue weighted by atomic mass is 79.9. The maximum absolute atomic E-state index is 12.0. The number of carbonyl (C=O) groups is 1. The molecule has 0 bridgehead atoms. The van der Waals surface area contributed by atoms with Gasteiger partial charge in [0.15, 0.2) is 0 Å². The van der Waals surface area contributed by atoms with Crippen LogP contribution in [0, 0.1) is 0 Å². The number of nitrogens with zero attached hydrogens (tertiary/aromatic N) is 1. The van der Waals surface area contributed by atoms with Crippen molar-refractivity contribution in [2.75, 3.05) is 14.2 Å². The molecule has 1 N–H and O–H groups in total. The molecule has 0 aliphatic rings. The first-order valence-corrected chi connectivity index (χ1v) is 7.23. The highest BCUT2D eigenvalue weighted by Crippen LogP contribution is 2.22. The Morgan fingerprint density at radius 2 is 2.24 bits per heavy atom. The molecule has 1 heterocycles. The van der Waals surface area contributed by atoms with Gasteiger partial charge in [0.25, 0.3) is 0 Å². The van der Waals surface area contributed by atoms with Crippen molar-refractivity contribution in [3.05, 3.63) is 52.4 Å². The fraction of sp³-hybridized carbons (Fsp3) is 0.267. The van der Waals surface area contributed by atoms with E-state index in [0.29, 0.717) is 13.1 Å². The number of benzene rings is 1. The van der Waals surface area contributed by atoms with E-state index in [0.717, 1.165) is 21.5 Å². The first kappa shape index (κ1) is 15.4. The Morgan fingerprint density at radius 3 is 2.90 bits per heavy atom. The van der Waals surface area contributed by atoms with E-state index >= 15 is 0 Å². The molecule has 0 atom stereocenters. The molecule has 6 heteroatoms. The summed E-state index contributed by atoms with van der Waals surface area (Å²) >= 11 is 3.41. The van der Waals surface area contributed by atoms with Gasteiger partial charge in [0.05, 0.1) is 19.9 Å². The van der Waals surface area contributed by atoms with Crippen LogP contribution in [0.5, 0.6) is 5.75 Å². The van der Waals surface area contributed by atoms with Gasteiger partial charge < -0.3 is 19.4 Å². The van der Waals surface area contributed by atoms with Crippen molar-refractivity contribution >= 4 is 22.0 Å². The van der Waals surface area contributed by atoms with Crippen molar-refractivity contribution in [1.29, 1.82) is 0 Å². The molecule has 5 nitrogen and oxygen atoms in total. The molecular weight excluding hydrogens is 336 g/mol. The van der Waals surface area contributed by atoms with Gasteiger partial charge in [-0.2, -0.15) is 0 Å². The Bertz CT molecular complexity index is 599. The molecule has 2 aromatic rings. The second-order valence-electron chi connectivity index (χ2n) is 4.55. The lowest BCUT2D eigenvalue weighted by Crippen LogP contribution is -2.36. The second kappa shape index (κ2) is 7.17. The van der Waals surface area contributed by atoms with E-state index in [1.165, 1.54) is 0 Å². The maximum atomic E-state index is 12.0. The number of amides is 2. The summed E-state index contributed by atoms with van der Waals surface area (Å²) in [7, 11) is 3.33. The van der Waals surface area contributed by atoms with Crippen molar-refractivity contribution in [2.45, 2.75) is 13.1 Å². The SMILES string of the molecule is COc1ccc(Br)cc1CNC(=O)N(C)Cc1ccco1. The summed E-state index contributed by atoms with van der Waals surface area (Å²) in [6.07, 6.45) is 1.59. The molecule has 0 spiro atoms. The smallest absolute Gasteiger partial charge is 0.317 e. The number of hydrogen-bond acceptors (Lipinski definition) is 3. The predicted octanol–water partition coefficient (Wildman–Crippen LogP) is 3.39. The van der Waals surface area contributed by atoms with Crippen LogP contribution in [0.3, 0.4) is 0 Å². The third-order valence-corrected chi connectivity index (χ3v) is 3.49. The Labute approximate surface area is 132 Å². The van der Waals surface area contributed by atoms with E-state index in [1.807, 2.05) is 24.3 Å². The van der Waals surface area contributed by atoms with E-state index in [2.05, 4.69) is 21.2 Å². The number of ether oxygens (including phenoxy) is 1. The van der Waals surface area contributed by atoms with Gasteiger partial charge in [-0.3, -0.25) is 0 Å². The molecule has 112 valence electrons. The van der Waals surface area contributed by atoms with Gasteiger partial charge in [0.2, 0.25) is 0 Å². The largest absolute Gasteiger partial charge is 0.496 e. The Morgan fingerprint density at radius 1 is 1.43 bits per heavy atom. The molecule has 0 aliphatic carbocycles. The Kier molecular flexibility index (Phi) is 5.27. The lowest BCUT2D eigenvalue weighted by Gasteiger charge is -2.17. The minimum Gasteiger partial charge on any atom is -0.496 e. The predicted molar refractivity (Wildman–Crippen MR) is 83.1 cm³/mol. The number of rotatable bonds is 5. The van der Waals surface area contributed by atoms with Crippen molar-refractivity contribution in [2.24, 2.45) is 0 Å². The van der Waals surface area contributed by atoms with Crippen molar-refractivity contribution < 1.29 is 13.9 Å². The summed E-state index contributed by atoms with van der Waals surface area (Å²) in [4.78, 5) is 13.6. The zero-order chi connectivity index (χ0) is 15.2. The van der Waals surface area contributed by atoms with Gasteiger partial charge in [-0.05, 0) is 30.3 Å². The quantitative estimate of drug-likeness (QED) is 0.897. The summed E-state index contributed by atoms with van der Waals surface area (Å²) in [5.41, 5.74) is 0.909. The number of carbonyl (C=O) groups excluding carboxylic acids is 1. The fourth-order valence-corrected chi connectivity index (χ4v) is 2.31. The summed E-state index contributed by atoms with van der Waals surface area (Å²) in [5, 5.41) is 2.86. The van der Waals surface area contributed by atoms with Crippen LogP contribution < -0.4 is 10.1 Å². The zero-order valence-corrected chi connectivity index (χ0v) is 13.5. The van der Waals surface area contributed by atoms with E-state index in [1.54, 1.807) is 31.4 Å². The zero-order valence-electron chi connectivity index (χ0n) is 11.9. The minimum absolute atomic E-state index is 0.173. The molecule has 0 aliphatic heterocycles. The minimum atomic E-state index is -0.173. The van der Waals surface area contributed by atoms with Gasteiger partial charge in [-0.1, -0.05) is 15.9 Å². The van der Waals surface area contributed by atoms with Gasteiger partial charge in [0.1, 0.15) is 11.5 Å². The van der Waals surface area contributed by atoms with Crippen molar-refractivity contribution in [3.63, 3.8) is 0 Å². The number of furan rings is 1. The van der Waals surface area contributed by atoms with E-state index in [9.17, 15) is 4.79 Å². The van der Waals surface area contributed by atoms with Crippen LogP contribution in [0.4, 0.5) is 4.79 Å². The van der Waals surface area contributed by atoms with Gasteiger partial charge in [-0.25, -0.2) is 4.79 Å². The third-order valence-electron chi connectivity index (χ3n) is 2.99. The van der Waals surface area contributed by atoms with Gasteiger partial charge >= 0.3 is 6.03 Å². The first-order chi connectivity index (χ1) is 10.1. The van der Waals surface area contributed by atoms with Gasteiger partial charge in [0, 0.05) is 23.6 Å². The molecular formula is C15H17BrN2O3. The Balaban J connectivity index is 1.93. The van der Waals surface area contributed by atoms with Crippen LogP contribution in [-0.2, 0) is 13.1 Å². The number of halogens is 1. The molecule has 21 heavy (non-hydrogen) atoms. The third kappa shape index (κ3) is 4.26. The summed E-state index contributed by atoms with van der Waals surface area (Å²) < 4.78 is 11.4. The summed E-state index contributed by atoms with van der Waals surface area (Å²) in [6, 6.07) is 9.14. The molecule has 1 aromatic carbocycles. The molecule has 0 fully saturated rings. The van der Waals surface area contributed by atoms with Crippen molar-refractivity contribution in [3.8, 4) is 5.75 Å². The van der Waals surface area contributed by atoms with Crippen LogP contribution >= 0.6 is 15.9 Å². The normalized spacial score (nSPS) is 10.2. The van der Waals surface area contributed by atoms with Crippen LogP contribution in [0.25, 0.3) is 0 Å². The average molecular weight is 353 g/mol. The van der Waals surface area contributed by atoms with Crippen LogP contribution in [0.15, 0.2) is 45.5 Å². The lowest BCUT2D eigenvalue weighted by atomic mass is 10.2. The maximum Gasteiger partial charge on any atom is 0.317 e. The molecule has 2 rings (SSSR count). The molecule has 1 aromatic heterocycles. The van der Waals surface area contributed by atoms with E-state index in [-0.39, 0.29) is 6.03 Å². The molecule has 0 saturated carbocycles. The van der Waals surface area contributed by atoms with E-state index in [4.69, 9.17) is 9.15 Å². The topological polar surface area (TPSA) is 54.7 Å². The number of methoxy groups -OCH3 is 1. The number of hydrogen-bond donors (Lipinski definition) is 1. The first-order valence-electron chi connectivity index (χ1n) is 6.44. The Hall–Kier alpha value is -1.95. The average Bonchev–Trinajstić information content (AvgIpc) is 2.97. The standard InChI is InChI=1S/C15H17BrN2O3/c1-18(10-13-4-3-7-21-13)15(19)17-9-11-8-12(16)5-6-14(11)20-2/h3-8H,9-10H2,1-2H3,(H,17,19). The molecule has 0 radical (unpaired) electrons. The van der Waals surface area contributed by atoms with Crippen molar-refractivity contribution in [1.82, 2.24) is 10.2 Å². The van der Waals surface area contributed by atoms with Gasteiger partial charge in [-0.15, -0.1) is 0 Å². The lowest BCUT2D eigenvalue weighted by molar-refractivity contribution is 0.202. The fourth-order valence-electron chi connectivity index (χ4n) is 1.90. The molecule has 2 amide bonds. The summed E-state index contributed by atoms with van der Waals surface area (Å²) in [6.45, 7) is 0.818. The summed E-state index contributed by atoms with van der Waals surface area (Å²) in [5.74, 6) is 1.49.